The molecule has 0 bridgehead atoms. The van der Waals surface area contributed by atoms with Gasteiger partial charge in [0, 0.05) is 31.7 Å². The van der Waals surface area contributed by atoms with Gasteiger partial charge in [-0.1, -0.05) is 30.3 Å². The van der Waals surface area contributed by atoms with Gasteiger partial charge in [0.15, 0.2) is 0 Å². The average Bonchev–Trinajstić information content (AvgIpc) is 2.55. The van der Waals surface area contributed by atoms with E-state index in [9.17, 15) is 4.79 Å². The van der Waals surface area contributed by atoms with Crippen LogP contribution in [0.5, 0.6) is 0 Å². The van der Waals surface area contributed by atoms with Crippen molar-refractivity contribution in [2.75, 3.05) is 19.6 Å². The Labute approximate surface area is 134 Å². The zero-order valence-electron chi connectivity index (χ0n) is 13.9. The highest BCUT2D eigenvalue weighted by Crippen LogP contribution is 2.20. The van der Waals surface area contributed by atoms with Gasteiger partial charge in [-0.2, -0.15) is 0 Å². The Hall–Kier alpha value is -1.39. The third-order valence-corrected chi connectivity index (χ3v) is 4.53. The predicted octanol–water partition coefficient (Wildman–Crippen LogP) is 2.24. The van der Waals surface area contributed by atoms with E-state index in [1.807, 2.05) is 11.0 Å². The zero-order chi connectivity index (χ0) is 15.9. The first-order chi connectivity index (χ1) is 10.6. The molecule has 0 aliphatic carbocycles. The number of hydrogen-bond acceptors (Lipinski definition) is 3. The number of nitrogens with two attached hydrogens (primary N) is 1. The van der Waals surface area contributed by atoms with E-state index in [2.05, 4.69) is 43.0 Å². The first kappa shape index (κ1) is 17.0. The third-order valence-electron chi connectivity index (χ3n) is 4.53. The number of nitrogens with zero attached hydrogens (tertiary/aromatic N) is 2. The topological polar surface area (TPSA) is 49.6 Å². The van der Waals surface area contributed by atoms with Crippen LogP contribution in [0.4, 0.5) is 0 Å². The molecule has 1 aliphatic heterocycles. The molecule has 22 heavy (non-hydrogen) atoms. The van der Waals surface area contributed by atoms with Crippen LogP contribution < -0.4 is 5.73 Å². The molecule has 0 radical (unpaired) electrons. The summed E-state index contributed by atoms with van der Waals surface area (Å²) in [6, 6.07) is 11.3. The lowest BCUT2D eigenvalue weighted by Crippen LogP contribution is -2.52. The first-order valence-electron chi connectivity index (χ1n) is 8.39. The summed E-state index contributed by atoms with van der Waals surface area (Å²) in [5.74, 6) is 0.0908. The van der Waals surface area contributed by atoms with E-state index in [1.54, 1.807) is 0 Å². The minimum absolute atomic E-state index is 0.0908. The van der Waals surface area contributed by atoms with Crippen molar-refractivity contribution in [1.82, 2.24) is 9.80 Å². The highest BCUT2D eigenvalue weighted by Gasteiger charge is 2.28. The van der Waals surface area contributed by atoms with E-state index in [0.29, 0.717) is 12.1 Å². The molecule has 0 aromatic heterocycles. The molecule has 4 nitrogen and oxygen atoms in total. The van der Waals surface area contributed by atoms with Crippen molar-refractivity contribution in [3.8, 4) is 0 Å². The lowest BCUT2D eigenvalue weighted by molar-refractivity contribution is -0.134. The Morgan fingerprint density at radius 2 is 2.05 bits per heavy atom. The molecule has 1 amide bonds. The normalized spacial score (nSPS) is 19.0. The summed E-state index contributed by atoms with van der Waals surface area (Å²) in [4.78, 5) is 16.5. The third kappa shape index (κ3) is 4.55. The highest BCUT2D eigenvalue weighted by molar-refractivity contribution is 5.78. The van der Waals surface area contributed by atoms with Crippen molar-refractivity contribution in [2.24, 2.45) is 5.73 Å². The number of piperidine rings is 1. The largest absolute Gasteiger partial charge is 0.337 e. The monoisotopic (exact) mass is 303 g/mol. The van der Waals surface area contributed by atoms with Crippen molar-refractivity contribution in [2.45, 2.75) is 51.7 Å². The van der Waals surface area contributed by atoms with E-state index in [4.69, 9.17) is 5.73 Å². The fourth-order valence-corrected chi connectivity index (χ4v) is 3.18. The molecule has 2 N–H and O–H groups in total. The second-order valence-corrected chi connectivity index (χ2v) is 6.45. The van der Waals surface area contributed by atoms with E-state index in [-0.39, 0.29) is 12.5 Å². The van der Waals surface area contributed by atoms with Crippen molar-refractivity contribution < 1.29 is 4.79 Å². The lowest BCUT2D eigenvalue weighted by atomic mass is 10.0. The Balaban J connectivity index is 2.04. The molecular weight excluding hydrogens is 274 g/mol. The minimum Gasteiger partial charge on any atom is -0.337 e. The van der Waals surface area contributed by atoms with Crippen LogP contribution in [-0.2, 0) is 11.3 Å². The molecule has 1 atom stereocenters. The smallest absolute Gasteiger partial charge is 0.236 e. The van der Waals surface area contributed by atoms with Gasteiger partial charge in [-0.3, -0.25) is 9.69 Å². The van der Waals surface area contributed by atoms with E-state index < -0.39 is 0 Å². The van der Waals surface area contributed by atoms with Crippen LogP contribution in [0.2, 0.25) is 0 Å². The molecule has 1 aromatic carbocycles. The number of benzene rings is 1. The Kier molecular flexibility index (Phi) is 6.40. The predicted molar refractivity (Wildman–Crippen MR) is 90.4 cm³/mol. The van der Waals surface area contributed by atoms with Crippen LogP contribution in [0.1, 0.15) is 38.7 Å². The van der Waals surface area contributed by atoms with E-state index >= 15 is 0 Å². The summed E-state index contributed by atoms with van der Waals surface area (Å²) in [5.41, 5.74) is 6.90. The molecule has 122 valence electrons. The Morgan fingerprint density at radius 3 is 2.68 bits per heavy atom. The first-order valence-corrected chi connectivity index (χ1v) is 8.39. The maximum Gasteiger partial charge on any atom is 0.236 e. The summed E-state index contributed by atoms with van der Waals surface area (Å²) < 4.78 is 0. The average molecular weight is 303 g/mol. The van der Waals surface area contributed by atoms with Gasteiger partial charge >= 0.3 is 0 Å². The number of rotatable bonds is 6. The second-order valence-electron chi connectivity index (χ2n) is 6.45. The van der Waals surface area contributed by atoms with E-state index in [0.717, 1.165) is 32.5 Å². The minimum atomic E-state index is 0.0908. The molecule has 0 spiro atoms. The Morgan fingerprint density at radius 1 is 1.32 bits per heavy atom. The van der Waals surface area contributed by atoms with Crippen molar-refractivity contribution in [1.29, 1.82) is 0 Å². The van der Waals surface area contributed by atoms with Gasteiger partial charge in [-0.25, -0.2) is 0 Å². The molecular formula is C18H29N3O. The number of carbonyl (C=O) groups excluding carboxylic acids is 1. The van der Waals surface area contributed by atoms with Gasteiger partial charge in [0.05, 0.1) is 6.54 Å². The fraction of sp³-hybridized carbons (Fsp3) is 0.611. The van der Waals surface area contributed by atoms with Gasteiger partial charge in [0.1, 0.15) is 0 Å². The summed E-state index contributed by atoms with van der Waals surface area (Å²) in [6.07, 6.45) is 3.39. The lowest BCUT2D eigenvalue weighted by Gasteiger charge is -2.40. The van der Waals surface area contributed by atoms with Gasteiger partial charge in [-0.15, -0.1) is 0 Å². The SMILES string of the molecule is CC(C)N(Cc1ccccc1)C[C@H]1CCCCN1C(=O)CN. The summed E-state index contributed by atoms with van der Waals surface area (Å²) in [7, 11) is 0. The summed E-state index contributed by atoms with van der Waals surface area (Å²) in [6.45, 7) is 7.29. The number of amides is 1. The number of likely N-dealkylation sites (tertiary alicyclic amines) is 1. The molecule has 1 fully saturated rings. The van der Waals surface area contributed by atoms with Crippen LogP contribution in [0.15, 0.2) is 30.3 Å². The van der Waals surface area contributed by atoms with Crippen LogP contribution in [0, 0.1) is 0 Å². The molecule has 1 heterocycles. The van der Waals surface area contributed by atoms with E-state index in [1.165, 1.54) is 12.0 Å². The van der Waals surface area contributed by atoms with Crippen LogP contribution in [0.25, 0.3) is 0 Å². The van der Waals surface area contributed by atoms with Crippen molar-refractivity contribution >= 4 is 5.91 Å². The van der Waals surface area contributed by atoms with Crippen LogP contribution in [-0.4, -0.2) is 47.4 Å². The van der Waals surface area contributed by atoms with Crippen molar-refractivity contribution in [3.05, 3.63) is 35.9 Å². The highest BCUT2D eigenvalue weighted by atomic mass is 16.2. The molecule has 2 rings (SSSR count). The van der Waals surface area contributed by atoms with Gasteiger partial charge in [-0.05, 0) is 38.7 Å². The summed E-state index contributed by atoms with van der Waals surface area (Å²) in [5, 5.41) is 0. The summed E-state index contributed by atoms with van der Waals surface area (Å²) >= 11 is 0. The number of carbonyl (C=O) groups is 1. The zero-order valence-corrected chi connectivity index (χ0v) is 13.9. The molecule has 1 aromatic rings. The molecule has 0 saturated carbocycles. The van der Waals surface area contributed by atoms with Crippen LogP contribution >= 0.6 is 0 Å². The van der Waals surface area contributed by atoms with Gasteiger partial charge < -0.3 is 10.6 Å². The van der Waals surface area contributed by atoms with Crippen molar-refractivity contribution in [3.63, 3.8) is 0 Å². The maximum absolute atomic E-state index is 12.1. The van der Waals surface area contributed by atoms with Gasteiger partial charge in [0.25, 0.3) is 0 Å². The Bertz CT molecular complexity index is 461. The fourth-order valence-electron chi connectivity index (χ4n) is 3.18. The molecule has 1 aliphatic rings. The second kappa shape index (κ2) is 8.30. The molecule has 0 unspecified atom stereocenters. The standard InChI is InChI=1S/C18H29N3O/c1-15(2)20(13-16-8-4-3-5-9-16)14-17-10-6-7-11-21(17)18(22)12-19/h3-5,8-9,15,17H,6-7,10-14,19H2,1-2H3/t17-/m1/s1. The maximum atomic E-state index is 12.1. The van der Waals surface area contributed by atoms with Crippen LogP contribution in [0.3, 0.4) is 0 Å². The number of hydrogen-bond donors (Lipinski definition) is 1. The molecule has 1 saturated heterocycles. The molecule has 4 heteroatoms. The van der Waals surface area contributed by atoms with Gasteiger partial charge in [0.2, 0.25) is 5.91 Å². The quantitative estimate of drug-likeness (QED) is 0.877.